The van der Waals surface area contributed by atoms with Crippen molar-refractivity contribution in [3.8, 4) is 0 Å². The summed E-state index contributed by atoms with van der Waals surface area (Å²) in [6.45, 7) is 2.04. The Bertz CT molecular complexity index is 1020. The van der Waals surface area contributed by atoms with E-state index in [-0.39, 0.29) is 17.0 Å². The Hall–Kier alpha value is -2.05. The molecule has 0 unspecified atom stereocenters. The van der Waals surface area contributed by atoms with E-state index in [9.17, 15) is 13.2 Å². The van der Waals surface area contributed by atoms with Crippen LogP contribution in [0.3, 0.4) is 0 Å². The van der Waals surface area contributed by atoms with Gasteiger partial charge < -0.3 is 5.32 Å². The average Bonchev–Trinajstić information content (AvgIpc) is 2.70. The number of hydrogen-bond acceptors (Lipinski definition) is 3. The summed E-state index contributed by atoms with van der Waals surface area (Å²) in [4.78, 5) is 12.8. The van der Waals surface area contributed by atoms with E-state index in [0.29, 0.717) is 11.3 Å². The Morgan fingerprint density at radius 3 is 2.45 bits per heavy atom. The molecule has 0 bridgehead atoms. The quantitative estimate of drug-likeness (QED) is 0.728. The van der Waals surface area contributed by atoms with Gasteiger partial charge >= 0.3 is 0 Å². The van der Waals surface area contributed by atoms with Crippen molar-refractivity contribution in [3.63, 3.8) is 0 Å². The number of fused-ring (bicyclic) bond motifs is 1. The molecule has 0 aromatic heterocycles. The number of halogens is 1. The maximum atomic E-state index is 12.8. The first kappa shape index (κ1) is 21.7. The van der Waals surface area contributed by atoms with Crippen LogP contribution in [0.2, 0.25) is 5.02 Å². The Kier molecular flexibility index (Phi) is 6.54. The Balaban J connectivity index is 1.79. The van der Waals surface area contributed by atoms with Gasteiger partial charge in [-0.25, -0.2) is 8.42 Å². The van der Waals surface area contributed by atoms with Gasteiger partial charge in [-0.2, -0.15) is 0 Å². The molecule has 2 aromatic carbocycles. The smallest absolute Gasteiger partial charge is 0.253 e. The van der Waals surface area contributed by atoms with Crippen LogP contribution in [0.1, 0.15) is 59.3 Å². The van der Waals surface area contributed by atoms with Crippen molar-refractivity contribution in [1.82, 2.24) is 5.32 Å². The minimum Gasteiger partial charge on any atom is -0.345 e. The van der Waals surface area contributed by atoms with Crippen LogP contribution in [-0.2, 0) is 22.9 Å². The van der Waals surface area contributed by atoms with Crippen molar-refractivity contribution < 1.29 is 13.2 Å². The molecule has 7 heteroatoms. The molecule has 0 saturated carbocycles. The van der Waals surface area contributed by atoms with E-state index in [1.54, 1.807) is 12.1 Å². The fourth-order valence-electron chi connectivity index (χ4n) is 3.70. The molecule has 5 nitrogen and oxygen atoms in total. The molecule has 29 heavy (non-hydrogen) atoms. The van der Waals surface area contributed by atoms with Crippen molar-refractivity contribution in [2.45, 2.75) is 45.1 Å². The number of sulfonamides is 1. The van der Waals surface area contributed by atoms with Crippen LogP contribution in [-0.4, -0.2) is 27.6 Å². The number of nitrogens with one attached hydrogen (secondary N) is 1. The SMILES string of the molecule is CC[C@H](NC(=O)c1ccc(N(C)S(C)(=O)=O)cc1Cl)c1ccc2c(c1)CCCC2. The highest BCUT2D eigenvalue weighted by Gasteiger charge is 2.20. The number of amides is 1. The van der Waals surface area contributed by atoms with Crippen LogP contribution in [0, 0.1) is 0 Å². The van der Waals surface area contributed by atoms with Gasteiger partial charge in [0, 0.05) is 7.05 Å². The summed E-state index contributed by atoms with van der Waals surface area (Å²) in [5, 5.41) is 3.29. The molecule has 1 aliphatic carbocycles. The molecule has 0 spiro atoms. The Morgan fingerprint density at radius 2 is 1.83 bits per heavy atom. The zero-order valence-corrected chi connectivity index (χ0v) is 18.6. The van der Waals surface area contributed by atoms with E-state index in [1.165, 1.54) is 37.1 Å². The summed E-state index contributed by atoms with van der Waals surface area (Å²) in [6.07, 6.45) is 6.55. The predicted molar refractivity (Wildman–Crippen MR) is 118 cm³/mol. The van der Waals surface area contributed by atoms with Gasteiger partial charge in [0.15, 0.2) is 0 Å². The molecule has 1 atom stereocenters. The number of carbonyl (C=O) groups is 1. The van der Waals surface area contributed by atoms with Gasteiger partial charge in [0.05, 0.1) is 28.6 Å². The molecule has 1 amide bonds. The van der Waals surface area contributed by atoms with Gasteiger partial charge in [-0.1, -0.05) is 36.7 Å². The standard InChI is InChI=1S/C22H27ClN2O3S/c1-4-21(17-10-9-15-7-5-6-8-16(15)13-17)24-22(26)19-12-11-18(14-20(19)23)25(2)29(3,27)28/h9-14,21H,4-8H2,1-3H3,(H,24,26)/t21-/m0/s1. The van der Waals surface area contributed by atoms with Crippen molar-refractivity contribution in [2.75, 3.05) is 17.6 Å². The van der Waals surface area contributed by atoms with Crippen LogP contribution in [0.15, 0.2) is 36.4 Å². The molecular weight excluding hydrogens is 408 g/mol. The van der Waals surface area contributed by atoms with Gasteiger partial charge in [0.2, 0.25) is 10.0 Å². The number of anilines is 1. The third kappa shape index (κ3) is 4.93. The Labute approximate surface area is 178 Å². The number of nitrogens with zero attached hydrogens (tertiary/aromatic N) is 1. The number of carbonyl (C=O) groups excluding carboxylic acids is 1. The van der Waals surface area contributed by atoms with Gasteiger partial charge in [0.25, 0.3) is 5.91 Å². The first-order valence-corrected chi connectivity index (χ1v) is 12.1. The Morgan fingerprint density at radius 1 is 1.14 bits per heavy atom. The molecule has 156 valence electrons. The van der Waals surface area contributed by atoms with Crippen LogP contribution in [0.25, 0.3) is 0 Å². The summed E-state index contributed by atoms with van der Waals surface area (Å²) in [5.74, 6) is -0.270. The topological polar surface area (TPSA) is 66.5 Å². The van der Waals surface area contributed by atoms with E-state index in [1.807, 2.05) is 6.92 Å². The van der Waals surface area contributed by atoms with Crippen molar-refractivity contribution >= 4 is 33.2 Å². The summed E-state index contributed by atoms with van der Waals surface area (Å²) >= 11 is 6.30. The molecule has 2 aromatic rings. The molecular formula is C22H27ClN2O3S. The van der Waals surface area contributed by atoms with E-state index in [2.05, 4.69) is 23.5 Å². The molecule has 3 rings (SSSR count). The predicted octanol–water partition coefficient (Wildman–Crippen LogP) is 4.50. The third-order valence-corrected chi connectivity index (χ3v) is 7.07. The highest BCUT2D eigenvalue weighted by Crippen LogP contribution is 2.28. The highest BCUT2D eigenvalue weighted by atomic mass is 35.5. The zero-order chi connectivity index (χ0) is 21.2. The molecule has 0 aliphatic heterocycles. The number of hydrogen-bond donors (Lipinski definition) is 1. The highest BCUT2D eigenvalue weighted by molar-refractivity contribution is 7.92. The molecule has 1 aliphatic rings. The lowest BCUT2D eigenvalue weighted by atomic mass is 9.88. The first-order valence-electron chi connectivity index (χ1n) is 9.86. The maximum absolute atomic E-state index is 12.8. The van der Waals surface area contributed by atoms with Crippen molar-refractivity contribution in [3.05, 3.63) is 63.7 Å². The minimum absolute atomic E-state index is 0.107. The number of rotatable bonds is 6. The summed E-state index contributed by atoms with van der Waals surface area (Å²) in [7, 11) is -1.95. The third-order valence-electron chi connectivity index (χ3n) is 5.55. The average molecular weight is 435 g/mol. The van der Waals surface area contributed by atoms with Crippen molar-refractivity contribution in [1.29, 1.82) is 0 Å². The molecule has 0 heterocycles. The lowest BCUT2D eigenvalue weighted by Crippen LogP contribution is -2.29. The van der Waals surface area contributed by atoms with Crippen LogP contribution in [0.4, 0.5) is 5.69 Å². The maximum Gasteiger partial charge on any atom is 0.253 e. The zero-order valence-electron chi connectivity index (χ0n) is 17.0. The second-order valence-electron chi connectivity index (χ2n) is 7.56. The number of aryl methyl sites for hydroxylation is 2. The summed E-state index contributed by atoms with van der Waals surface area (Å²) in [6, 6.07) is 11.0. The van der Waals surface area contributed by atoms with E-state index in [0.717, 1.165) is 35.4 Å². The van der Waals surface area contributed by atoms with E-state index < -0.39 is 10.0 Å². The number of benzene rings is 2. The van der Waals surface area contributed by atoms with Gasteiger partial charge in [-0.05, 0) is 67.0 Å². The van der Waals surface area contributed by atoms with Crippen LogP contribution in [0.5, 0.6) is 0 Å². The van der Waals surface area contributed by atoms with Crippen molar-refractivity contribution in [2.24, 2.45) is 0 Å². The second kappa shape index (κ2) is 8.76. The first-order chi connectivity index (χ1) is 13.7. The fraction of sp³-hybridized carbons (Fsp3) is 0.409. The molecule has 1 N–H and O–H groups in total. The van der Waals surface area contributed by atoms with Gasteiger partial charge in [-0.15, -0.1) is 0 Å². The van der Waals surface area contributed by atoms with Gasteiger partial charge in [-0.3, -0.25) is 9.10 Å². The fourth-order valence-corrected chi connectivity index (χ4v) is 4.46. The monoisotopic (exact) mass is 434 g/mol. The minimum atomic E-state index is -3.40. The largest absolute Gasteiger partial charge is 0.345 e. The van der Waals surface area contributed by atoms with E-state index >= 15 is 0 Å². The normalized spacial score (nSPS) is 14.8. The molecule has 0 saturated heterocycles. The van der Waals surface area contributed by atoms with Crippen LogP contribution >= 0.6 is 11.6 Å². The van der Waals surface area contributed by atoms with E-state index in [4.69, 9.17) is 11.6 Å². The molecule has 0 fully saturated rings. The van der Waals surface area contributed by atoms with Gasteiger partial charge in [0.1, 0.15) is 0 Å². The lowest BCUT2D eigenvalue weighted by Gasteiger charge is -2.22. The summed E-state index contributed by atoms with van der Waals surface area (Å²) < 4.78 is 24.5. The second-order valence-corrected chi connectivity index (χ2v) is 9.99. The summed E-state index contributed by atoms with van der Waals surface area (Å²) in [5.41, 5.74) is 4.64. The van der Waals surface area contributed by atoms with Crippen LogP contribution < -0.4 is 9.62 Å². The molecule has 0 radical (unpaired) electrons. The lowest BCUT2D eigenvalue weighted by molar-refractivity contribution is 0.0935.